The van der Waals surface area contributed by atoms with Gasteiger partial charge in [0.2, 0.25) is 0 Å². The van der Waals surface area contributed by atoms with Gasteiger partial charge in [0.1, 0.15) is 0 Å². The van der Waals surface area contributed by atoms with Crippen LogP contribution >= 0.6 is 0 Å². The number of likely N-dealkylation sites (tertiary alicyclic amines) is 1. The summed E-state index contributed by atoms with van der Waals surface area (Å²) in [7, 11) is 0. The van der Waals surface area contributed by atoms with Crippen LogP contribution in [0, 0.1) is 5.92 Å². The largest absolute Gasteiger partial charge is 0.391 e. The van der Waals surface area contributed by atoms with Crippen molar-refractivity contribution in [3.8, 4) is 0 Å². The van der Waals surface area contributed by atoms with E-state index in [1.807, 2.05) is 6.92 Å². The summed E-state index contributed by atoms with van der Waals surface area (Å²) in [4.78, 5) is 22.4. The fourth-order valence-electron chi connectivity index (χ4n) is 2.75. The molecule has 1 saturated heterocycles. The molecule has 3 heterocycles. The molecule has 0 aromatic carbocycles. The number of rotatable bonds is 4. The van der Waals surface area contributed by atoms with E-state index >= 15 is 0 Å². The molecule has 1 amide bonds. The molecular formula is C15H19N5O2. The van der Waals surface area contributed by atoms with E-state index in [2.05, 4.69) is 15.1 Å². The molecule has 2 aromatic heterocycles. The molecule has 7 nitrogen and oxygen atoms in total. The third kappa shape index (κ3) is 2.99. The number of carbonyl (C=O) groups excluding carboxylic acids is 1. The maximum absolute atomic E-state index is 12.5. The van der Waals surface area contributed by atoms with Gasteiger partial charge in [0.25, 0.3) is 5.91 Å². The van der Waals surface area contributed by atoms with E-state index in [9.17, 15) is 9.90 Å². The summed E-state index contributed by atoms with van der Waals surface area (Å²) in [6, 6.07) is 0. The van der Waals surface area contributed by atoms with Crippen LogP contribution in [0.25, 0.3) is 0 Å². The summed E-state index contributed by atoms with van der Waals surface area (Å²) in [6.45, 7) is 3.57. The summed E-state index contributed by atoms with van der Waals surface area (Å²) in [6.07, 6.45) is 8.36. The van der Waals surface area contributed by atoms with Crippen LogP contribution < -0.4 is 0 Å². The van der Waals surface area contributed by atoms with Crippen molar-refractivity contribution in [3.05, 3.63) is 42.2 Å². The first-order valence-corrected chi connectivity index (χ1v) is 7.42. The molecule has 0 bridgehead atoms. The molecule has 22 heavy (non-hydrogen) atoms. The lowest BCUT2D eigenvalue weighted by Crippen LogP contribution is -2.29. The third-order valence-electron chi connectivity index (χ3n) is 3.99. The molecule has 2 atom stereocenters. The third-order valence-corrected chi connectivity index (χ3v) is 3.99. The maximum Gasteiger partial charge on any atom is 0.257 e. The van der Waals surface area contributed by atoms with E-state index in [4.69, 9.17) is 0 Å². The Kier molecular flexibility index (Phi) is 4.15. The number of amides is 1. The molecule has 116 valence electrons. The first-order valence-electron chi connectivity index (χ1n) is 7.42. The smallest absolute Gasteiger partial charge is 0.257 e. The van der Waals surface area contributed by atoms with Crippen LogP contribution in [0.5, 0.6) is 0 Å². The van der Waals surface area contributed by atoms with Gasteiger partial charge in [0.15, 0.2) is 0 Å². The SMILES string of the molecule is CCn1cc(C(=O)N2C[C@@H](Cc3cnccn3)[C@H](O)C2)cn1. The van der Waals surface area contributed by atoms with Crippen LogP contribution in [-0.4, -0.2) is 54.9 Å². The normalized spacial score (nSPS) is 21.3. The fraction of sp³-hybridized carbons (Fsp3) is 0.467. The molecule has 0 aliphatic carbocycles. The Bertz CT molecular complexity index is 642. The number of nitrogens with zero attached hydrogens (tertiary/aromatic N) is 5. The van der Waals surface area contributed by atoms with Crippen LogP contribution in [0.2, 0.25) is 0 Å². The highest BCUT2D eigenvalue weighted by molar-refractivity contribution is 5.94. The Morgan fingerprint density at radius 1 is 1.36 bits per heavy atom. The standard InChI is InChI=1S/C15H19N5O2/c1-2-20-9-12(6-18-20)15(22)19-8-11(14(21)10-19)5-13-7-16-3-4-17-13/h3-4,6-7,9,11,14,21H,2,5,8,10H2,1H3/t11-,14-/m1/s1. The van der Waals surface area contributed by atoms with Gasteiger partial charge < -0.3 is 10.0 Å². The van der Waals surface area contributed by atoms with Crippen molar-refractivity contribution in [1.29, 1.82) is 0 Å². The van der Waals surface area contributed by atoms with Gasteiger partial charge in [-0.15, -0.1) is 0 Å². The van der Waals surface area contributed by atoms with Crippen LogP contribution in [0.15, 0.2) is 31.0 Å². The number of aryl methyl sites for hydroxylation is 1. The van der Waals surface area contributed by atoms with Crippen molar-refractivity contribution >= 4 is 5.91 Å². The van der Waals surface area contributed by atoms with Crippen LogP contribution in [0.3, 0.4) is 0 Å². The minimum atomic E-state index is -0.535. The van der Waals surface area contributed by atoms with E-state index < -0.39 is 6.10 Å². The highest BCUT2D eigenvalue weighted by Crippen LogP contribution is 2.22. The first-order chi connectivity index (χ1) is 10.7. The van der Waals surface area contributed by atoms with Gasteiger partial charge in [-0.25, -0.2) is 0 Å². The molecule has 0 spiro atoms. The van der Waals surface area contributed by atoms with E-state index in [1.54, 1.807) is 40.6 Å². The van der Waals surface area contributed by atoms with Gasteiger partial charge in [-0.1, -0.05) is 0 Å². The zero-order chi connectivity index (χ0) is 15.5. The first kappa shape index (κ1) is 14.6. The number of β-amino-alcohol motifs (C(OH)–C–C–N with tert-alkyl or cyclic N) is 1. The fourth-order valence-corrected chi connectivity index (χ4v) is 2.75. The second kappa shape index (κ2) is 6.23. The molecule has 0 saturated carbocycles. The molecule has 0 radical (unpaired) electrons. The zero-order valence-corrected chi connectivity index (χ0v) is 12.5. The predicted molar refractivity (Wildman–Crippen MR) is 79.0 cm³/mol. The van der Waals surface area contributed by atoms with Crippen molar-refractivity contribution in [2.24, 2.45) is 5.92 Å². The number of carbonyl (C=O) groups is 1. The Labute approximate surface area is 128 Å². The van der Waals surface area contributed by atoms with Crippen molar-refractivity contribution < 1.29 is 9.90 Å². The van der Waals surface area contributed by atoms with E-state index in [0.717, 1.165) is 12.2 Å². The minimum absolute atomic E-state index is 0.0122. The van der Waals surface area contributed by atoms with Crippen molar-refractivity contribution in [2.45, 2.75) is 26.0 Å². The van der Waals surface area contributed by atoms with Crippen LogP contribution in [-0.2, 0) is 13.0 Å². The highest BCUT2D eigenvalue weighted by Gasteiger charge is 2.34. The molecule has 1 aliphatic rings. The van der Waals surface area contributed by atoms with E-state index in [0.29, 0.717) is 25.1 Å². The van der Waals surface area contributed by atoms with E-state index in [1.165, 1.54) is 0 Å². The van der Waals surface area contributed by atoms with Gasteiger partial charge in [-0.3, -0.25) is 19.4 Å². The highest BCUT2D eigenvalue weighted by atomic mass is 16.3. The Morgan fingerprint density at radius 3 is 2.91 bits per heavy atom. The Hall–Kier alpha value is -2.28. The summed E-state index contributed by atoms with van der Waals surface area (Å²) in [5, 5.41) is 14.3. The average molecular weight is 301 g/mol. The van der Waals surface area contributed by atoms with Gasteiger partial charge in [0.05, 0.1) is 23.6 Å². The maximum atomic E-state index is 12.5. The molecule has 3 rings (SSSR count). The lowest BCUT2D eigenvalue weighted by molar-refractivity contribution is 0.0764. The van der Waals surface area contributed by atoms with Crippen molar-refractivity contribution in [1.82, 2.24) is 24.6 Å². The summed E-state index contributed by atoms with van der Waals surface area (Å²) < 4.78 is 1.72. The zero-order valence-electron chi connectivity index (χ0n) is 12.5. The number of aromatic nitrogens is 4. The van der Waals surface area contributed by atoms with Crippen LogP contribution in [0.4, 0.5) is 0 Å². The quantitative estimate of drug-likeness (QED) is 0.882. The van der Waals surface area contributed by atoms with Crippen molar-refractivity contribution in [3.63, 3.8) is 0 Å². The number of hydrogen-bond acceptors (Lipinski definition) is 5. The van der Waals surface area contributed by atoms with Gasteiger partial charge in [0, 0.05) is 50.3 Å². The second-order valence-electron chi connectivity index (χ2n) is 5.52. The van der Waals surface area contributed by atoms with Gasteiger partial charge >= 0.3 is 0 Å². The Balaban J connectivity index is 1.66. The lowest BCUT2D eigenvalue weighted by atomic mass is 10.0. The molecule has 0 unspecified atom stereocenters. The number of aliphatic hydroxyl groups excluding tert-OH is 1. The molecular weight excluding hydrogens is 282 g/mol. The second-order valence-corrected chi connectivity index (χ2v) is 5.52. The number of aliphatic hydroxyl groups is 1. The lowest BCUT2D eigenvalue weighted by Gasteiger charge is -2.14. The molecule has 1 fully saturated rings. The molecule has 1 aliphatic heterocycles. The summed E-state index contributed by atoms with van der Waals surface area (Å²) >= 11 is 0. The molecule has 1 N–H and O–H groups in total. The average Bonchev–Trinajstić information content (AvgIpc) is 3.15. The summed E-state index contributed by atoms with van der Waals surface area (Å²) in [5.41, 5.74) is 1.40. The minimum Gasteiger partial charge on any atom is -0.391 e. The van der Waals surface area contributed by atoms with Crippen molar-refractivity contribution in [2.75, 3.05) is 13.1 Å². The molecule has 2 aromatic rings. The predicted octanol–water partition coefficient (Wildman–Crippen LogP) is 0.369. The topological polar surface area (TPSA) is 84.1 Å². The molecule has 7 heteroatoms. The Morgan fingerprint density at radius 2 is 2.23 bits per heavy atom. The van der Waals surface area contributed by atoms with E-state index in [-0.39, 0.29) is 11.8 Å². The van der Waals surface area contributed by atoms with Gasteiger partial charge in [-0.05, 0) is 13.3 Å². The number of hydrogen-bond donors (Lipinski definition) is 1. The van der Waals surface area contributed by atoms with Crippen LogP contribution in [0.1, 0.15) is 23.0 Å². The summed E-state index contributed by atoms with van der Waals surface area (Å²) in [5.74, 6) is -0.0951. The monoisotopic (exact) mass is 301 g/mol. The van der Waals surface area contributed by atoms with Gasteiger partial charge in [-0.2, -0.15) is 5.10 Å².